The van der Waals surface area contributed by atoms with Crippen LogP contribution >= 0.6 is 0 Å². The Morgan fingerprint density at radius 1 is 0.603 bits per heavy atom. The molecule has 14 N–H and O–H groups in total. The number of benzene rings is 2. The number of aliphatic hydroxyl groups excluding tert-OH is 6. The molecule has 2 aromatic carbocycles. The van der Waals surface area contributed by atoms with Crippen molar-refractivity contribution < 1.29 is 79.8 Å². The second-order valence-electron chi connectivity index (χ2n) is 18.7. The first kappa shape index (κ1) is 58.6. The molecule has 20 nitrogen and oxygen atoms in total. The Kier molecular flexibility index (Phi) is 17.7. The lowest BCUT2D eigenvalue weighted by molar-refractivity contribution is -0.170. The highest BCUT2D eigenvalue weighted by Crippen LogP contribution is 2.58. The summed E-state index contributed by atoms with van der Waals surface area (Å²) in [6, 6.07) is 6.26. The minimum Gasteiger partial charge on any atom is -0.508 e. The molecule has 6 aliphatic rings. The summed E-state index contributed by atoms with van der Waals surface area (Å²) in [4.78, 5) is 79.9. The van der Waals surface area contributed by atoms with E-state index in [0.29, 0.717) is 11.1 Å². The zero-order valence-corrected chi connectivity index (χ0v) is 42.6. The van der Waals surface area contributed by atoms with E-state index in [0.717, 1.165) is 0 Å². The van der Waals surface area contributed by atoms with Crippen molar-refractivity contribution in [2.45, 2.75) is 95.8 Å². The van der Waals surface area contributed by atoms with Gasteiger partial charge in [0.2, 0.25) is 11.6 Å². The van der Waals surface area contributed by atoms with Crippen LogP contribution in [0.2, 0.25) is 0 Å². The Bertz CT molecular complexity index is 2590. The molecule has 2 saturated carbocycles. The van der Waals surface area contributed by atoms with E-state index in [-0.39, 0.29) is 22.6 Å². The fraction of sp³-hybridized carbons (Fsp3) is 0.434. The van der Waals surface area contributed by atoms with E-state index < -0.39 is 151 Å². The van der Waals surface area contributed by atoms with Gasteiger partial charge in [0, 0.05) is 23.0 Å². The predicted octanol–water partition coefficient (Wildman–Crippen LogP) is 2.79. The molecule has 2 aromatic rings. The summed E-state index contributed by atoms with van der Waals surface area (Å²) in [7, 11) is 5.84. The topological polar surface area (TPSA) is 363 Å². The third kappa shape index (κ3) is 8.95. The Balaban J connectivity index is 0.000000273. The van der Waals surface area contributed by atoms with Crippen LogP contribution < -0.4 is 11.5 Å². The molecule has 2 fully saturated rings. The molecule has 73 heavy (non-hydrogen) atoms. The van der Waals surface area contributed by atoms with E-state index >= 15 is 0 Å². The molecule has 2 amide bonds. The van der Waals surface area contributed by atoms with Gasteiger partial charge in [-0.2, -0.15) is 0 Å². The van der Waals surface area contributed by atoms with Gasteiger partial charge in [-0.3, -0.25) is 38.6 Å². The van der Waals surface area contributed by atoms with Gasteiger partial charge < -0.3 is 62.5 Å². The zero-order chi connectivity index (χ0) is 55.8. The first-order valence-corrected chi connectivity index (χ1v) is 23.5. The summed E-state index contributed by atoms with van der Waals surface area (Å²) >= 11 is 0. The van der Waals surface area contributed by atoms with Gasteiger partial charge in [0.15, 0.2) is 22.8 Å². The molecule has 0 bridgehead atoms. The molecular formula is C53H68N4O16. The molecule has 6 aliphatic carbocycles. The highest BCUT2D eigenvalue weighted by Gasteiger charge is 2.70. The van der Waals surface area contributed by atoms with Gasteiger partial charge in [0.25, 0.3) is 11.8 Å². The number of nitrogens with zero attached hydrogens (tertiary/aromatic N) is 2. The number of aromatic hydroxyl groups is 2. The molecule has 0 spiro atoms. The minimum atomic E-state index is -2.89. The number of ketones is 4. The second kappa shape index (κ2) is 22.0. The van der Waals surface area contributed by atoms with Gasteiger partial charge in [0.05, 0.1) is 47.3 Å². The number of allylic oxidation sites excluding steroid dienone is 3. The Hall–Kier alpha value is -6.94. The van der Waals surface area contributed by atoms with Crippen LogP contribution in [0.3, 0.4) is 0 Å². The lowest BCUT2D eigenvalue weighted by Crippen LogP contribution is -2.70. The van der Waals surface area contributed by atoms with E-state index in [4.69, 9.17) is 11.5 Å². The summed E-state index contributed by atoms with van der Waals surface area (Å²) in [6.07, 6.45) is 2.57. The summed E-state index contributed by atoms with van der Waals surface area (Å²) in [6.45, 7) is 16.6. The lowest BCUT2D eigenvalue weighted by Gasteiger charge is -2.53. The molecule has 12 atom stereocenters. The van der Waals surface area contributed by atoms with Crippen molar-refractivity contribution >= 4 is 46.5 Å². The highest BCUT2D eigenvalue weighted by atomic mass is 16.4. The summed E-state index contributed by atoms with van der Waals surface area (Å²) < 4.78 is 0. The van der Waals surface area contributed by atoms with E-state index in [1.807, 2.05) is 46.8 Å². The number of likely N-dealkylation sites (N-methyl/N-ethyl adjacent to an activating group) is 2. The number of nitrogens with two attached hydrogens (primary N) is 2. The molecule has 0 heterocycles. The van der Waals surface area contributed by atoms with Crippen LogP contribution in [0.4, 0.5) is 0 Å². The van der Waals surface area contributed by atoms with Crippen molar-refractivity contribution in [2.24, 2.45) is 35.1 Å². The van der Waals surface area contributed by atoms with E-state index in [1.54, 1.807) is 44.2 Å². The third-order valence-electron chi connectivity index (χ3n) is 14.3. The molecule has 0 aliphatic heterocycles. The average Bonchev–Trinajstić information content (AvgIpc) is 3.32. The Morgan fingerprint density at radius 3 is 1.14 bits per heavy atom. The first-order valence-electron chi connectivity index (χ1n) is 23.5. The van der Waals surface area contributed by atoms with Gasteiger partial charge >= 0.3 is 0 Å². The second-order valence-corrected chi connectivity index (χ2v) is 18.7. The number of amides is 2. The molecule has 396 valence electrons. The van der Waals surface area contributed by atoms with Crippen molar-refractivity contribution in [3.05, 3.63) is 117 Å². The zero-order valence-electron chi connectivity index (χ0n) is 42.6. The number of aliphatic hydroxyl groups is 8. The highest BCUT2D eigenvalue weighted by molar-refractivity contribution is 6.26. The monoisotopic (exact) mass is 1020 g/mol. The molecule has 0 radical (unpaired) electrons. The van der Waals surface area contributed by atoms with Gasteiger partial charge in [-0.25, -0.2) is 0 Å². The average molecular weight is 1020 g/mol. The number of hydrogen-bond acceptors (Lipinski definition) is 18. The van der Waals surface area contributed by atoms with Crippen molar-refractivity contribution in [1.82, 2.24) is 9.80 Å². The predicted molar refractivity (Wildman–Crippen MR) is 268 cm³/mol. The summed E-state index contributed by atoms with van der Waals surface area (Å²) in [5.41, 5.74) is 2.94. The Morgan fingerprint density at radius 2 is 0.890 bits per heavy atom. The van der Waals surface area contributed by atoms with Crippen molar-refractivity contribution in [3.63, 3.8) is 0 Å². The number of rotatable bonds is 4. The molecule has 8 rings (SSSR count). The van der Waals surface area contributed by atoms with E-state index in [2.05, 4.69) is 6.58 Å². The molecule has 0 aromatic heterocycles. The molecule has 0 saturated heterocycles. The number of carbonyl (C=O) groups excluding carboxylic acids is 6. The maximum Gasteiger partial charge on any atom is 0.255 e. The van der Waals surface area contributed by atoms with Gasteiger partial charge in [-0.1, -0.05) is 70.2 Å². The van der Waals surface area contributed by atoms with Crippen LogP contribution in [-0.4, -0.2) is 159 Å². The van der Waals surface area contributed by atoms with Crippen LogP contribution in [0.5, 0.6) is 11.5 Å². The fourth-order valence-corrected chi connectivity index (χ4v) is 11.2. The van der Waals surface area contributed by atoms with Crippen molar-refractivity contribution in [1.29, 1.82) is 0 Å². The van der Waals surface area contributed by atoms with Crippen molar-refractivity contribution in [3.8, 4) is 11.5 Å². The van der Waals surface area contributed by atoms with Crippen LogP contribution in [0.25, 0.3) is 11.5 Å². The van der Waals surface area contributed by atoms with Gasteiger partial charge in [-0.15, -0.1) is 6.58 Å². The molecular weight excluding hydrogens is 949 g/mol. The normalized spacial score (nSPS) is 30.9. The third-order valence-corrected chi connectivity index (χ3v) is 14.3. The quantitative estimate of drug-likeness (QED) is 0.155. The lowest BCUT2D eigenvalue weighted by atomic mass is 9.54. The van der Waals surface area contributed by atoms with Crippen molar-refractivity contribution in [2.75, 3.05) is 28.2 Å². The SMILES string of the molecule is C/C=C/C.C=CC.CC.CC1c2cccc(O)c2C(O)=C2C(=O)[C@]3(O)C(O)=C(C(N)=O)C(=O)C(N(C)C)C3C(O)C21.CC1c2cccc(O)c2C(O)=C2C(=O)[C@]3(O)C(O)=C(C(N)=O)C(=O)C(N(C)C)C3C(O)C21. The van der Waals surface area contributed by atoms with Crippen LogP contribution in [-0.2, 0) is 28.8 Å². The van der Waals surface area contributed by atoms with Crippen LogP contribution in [0.15, 0.2) is 95.0 Å². The number of phenols is 2. The maximum atomic E-state index is 13.7. The number of fused-ring (bicyclic) bond motifs is 6. The molecule has 10 unspecified atom stereocenters. The minimum absolute atomic E-state index is 0.0245. The number of carbonyl (C=O) groups is 6. The smallest absolute Gasteiger partial charge is 0.255 e. The molecule has 20 heteroatoms. The van der Waals surface area contributed by atoms with Gasteiger partial charge in [-0.05, 0) is 84.1 Å². The number of Topliss-reactive ketones (excluding diaryl/α,β-unsaturated/α-hetero) is 4. The van der Waals surface area contributed by atoms with Crippen LogP contribution in [0.1, 0.15) is 82.6 Å². The fourth-order valence-electron chi connectivity index (χ4n) is 11.2. The van der Waals surface area contributed by atoms with E-state index in [9.17, 15) is 79.8 Å². The largest absolute Gasteiger partial charge is 0.508 e. The number of phenolic OH excluding ortho intramolecular Hbond substituents is 2. The maximum absolute atomic E-state index is 13.7. The summed E-state index contributed by atoms with van der Waals surface area (Å²) in [5.74, 6) is -17.7. The number of hydrogen-bond donors (Lipinski definition) is 12. The number of primary amides is 2. The first-order chi connectivity index (χ1) is 34.1. The summed E-state index contributed by atoms with van der Waals surface area (Å²) in [5, 5.41) is 110. The van der Waals surface area contributed by atoms with Gasteiger partial charge in [0.1, 0.15) is 45.7 Å². The standard InChI is InChI=1S/2C22H24N2O8.C4H8.C3H6.C2H6/c2*1-7-8-5-4-6-9(25)11(8)16(26)12-10(7)17(27)14-15(24(2)3)18(28)13(21(23)31)20(30)22(14,32)19(12)29;1-3-4-2;1-3-2;1-2/h2*4-7,10,14-15,17,25-27,30,32H,1-3H3,(H2,23,31);3-4H,1-2H3;3H,1H2,2H3;1-2H3/b;;4-3+;;/t2*7?,10?,14?,15?,17?,22-;;;/m00.../s1. The van der Waals surface area contributed by atoms with E-state index in [1.165, 1.54) is 50.1 Å². The Labute approximate surface area is 422 Å². The van der Waals surface area contributed by atoms with Crippen LogP contribution in [0, 0.1) is 23.7 Å².